The Bertz CT molecular complexity index is 377. The van der Waals surface area contributed by atoms with Crippen LogP contribution in [0.25, 0.3) is 0 Å². The van der Waals surface area contributed by atoms with Crippen molar-refractivity contribution in [2.75, 3.05) is 25.6 Å². The van der Waals surface area contributed by atoms with Gasteiger partial charge >= 0.3 is 5.97 Å². The second kappa shape index (κ2) is 6.78. The summed E-state index contributed by atoms with van der Waals surface area (Å²) in [5.74, 6) is 0.686. The Hall–Kier alpha value is -1.71. The second-order valence-electron chi connectivity index (χ2n) is 3.67. The highest BCUT2D eigenvalue weighted by atomic mass is 16.5. The number of aryl methyl sites for hydroxylation is 1. The fourth-order valence-corrected chi connectivity index (χ4v) is 1.49. The normalized spacial score (nSPS) is 9.82. The van der Waals surface area contributed by atoms with Crippen LogP contribution in [0.4, 0.5) is 5.69 Å². The Morgan fingerprint density at radius 1 is 1.41 bits per heavy atom. The standard InChI is InChI=1S/C13H19NO3/c1-4-17-12-6-5-11(9-10(12)2)14-8-7-13(15)16-3/h5-6,9,14H,4,7-8H2,1-3H3. The monoisotopic (exact) mass is 237 g/mol. The van der Waals surface area contributed by atoms with Crippen LogP contribution in [0.1, 0.15) is 18.9 Å². The lowest BCUT2D eigenvalue weighted by atomic mass is 10.2. The van der Waals surface area contributed by atoms with E-state index in [1.807, 2.05) is 32.0 Å². The summed E-state index contributed by atoms with van der Waals surface area (Å²) in [5, 5.41) is 3.16. The van der Waals surface area contributed by atoms with Gasteiger partial charge in [0.1, 0.15) is 5.75 Å². The first-order valence-electron chi connectivity index (χ1n) is 5.71. The Labute approximate surface area is 102 Å². The smallest absolute Gasteiger partial charge is 0.307 e. The van der Waals surface area contributed by atoms with Gasteiger partial charge < -0.3 is 14.8 Å². The molecule has 0 aliphatic heterocycles. The fraction of sp³-hybridized carbons (Fsp3) is 0.462. The molecule has 0 aliphatic carbocycles. The molecule has 1 rings (SSSR count). The molecule has 0 amide bonds. The third-order valence-electron chi connectivity index (χ3n) is 2.36. The van der Waals surface area contributed by atoms with Crippen molar-refractivity contribution < 1.29 is 14.3 Å². The molecule has 0 saturated heterocycles. The molecule has 4 nitrogen and oxygen atoms in total. The maximum absolute atomic E-state index is 10.9. The van der Waals surface area contributed by atoms with Crippen LogP contribution in [-0.2, 0) is 9.53 Å². The molecule has 4 heteroatoms. The largest absolute Gasteiger partial charge is 0.494 e. The highest BCUT2D eigenvalue weighted by Gasteiger charge is 2.02. The van der Waals surface area contributed by atoms with Gasteiger partial charge in [0.25, 0.3) is 0 Å². The van der Waals surface area contributed by atoms with E-state index in [9.17, 15) is 4.79 Å². The third-order valence-corrected chi connectivity index (χ3v) is 2.36. The van der Waals surface area contributed by atoms with E-state index in [4.69, 9.17) is 4.74 Å². The third kappa shape index (κ3) is 4.34. The van der Waals surface area contributed by atoms with Gasteiger partial charge in [0.2, 0.25) is 0 Å². The summed E-state index contributed by atoms with van der Waals surface area (Å²) in [4.78, 5) is 10.9. The molecule has 0 spiro atoms. The summed E-state index contributed by atoms with van der Waals surface area (Å²) >= 11 is 0. The molecule has 1 N–H and O–H groups in total. The Balaban J connectivity index is 2.50. The maximum Gasteiger partial charge on any atom is 0.307 e. The number of rotatable bonds is 6. The number of hydrogen-bond acceptors (Lipinski definition) is 4. The van der Waals surface area contributed by atoms with Gasteiger partial charge in [-0.3, -0.25) is 4.79 Å². The van der Waals surface area contributed by atoms with E-state index in [-0.39, 0.29) is 5.97 Å². The minimum atomic E-state index is -0.208. The first-order valence-corrected chi connectivity index (χ1v) is 5.71. The van der Waals surface area contributed by atoms with E-state index >= 15 is 0 Å². The zero-order chi connectivity index (χ0) is 12.7. The van der Waals surface area contributed by atoms with Crippen LogP contribution >= 0.6 is 0 Å². The zero-order valence-electron chi connectivity index (χ0n) is 10.6. The summed E-state index contributed by atoms with van der Waals surface area (Å²) in [6, 6.07) is 5.87. The van der Waals surface area contributed by atoms with Gasteiger partial charge in [-0.05, 0) is 37.6 Å². The predicted octanol–water partition coefficient (Wildman–Crippen LogP) is 2.37. The number of nitrogens with one attached hydrogen (secondary N) is 1. The van der Waals surface area contributed by atoms with E-state index in [0.29, 0.717) is 19.6 Å². The van der Waals surface area contributed by atoms with Crippen molar-refractivity contribution in [1.29, 1.82) is 0 Å². The molecule has 0 fully saturated rings. The van der Waals surface area contributed by atoms with E-state index < -0.39 is 0 Å². The van der Waals surface area contributed by atoms with E-state index in [0.717, 1.165) is 17.0 Å². The molecule has 0 radical (unpaired) electrons. The highest BCUT2D eigenvalue weighted by molar-refractivity contribution is 5.69. The van der Waals surface area contributed by atoms with Crippen molar-refractivity contribution in [2.45, 2.75) is 20.3 Å². The molecule has 0 bridgehead atoms. The number of carbonyl (C=O) groups is 1. The van der Waals surface area contributed by atoms with Crippen molar-refractivity contribution >= 4 is 11.7 Å². The molecule has 0 heterocycles. The Morgan fingerprint density at radius 3 is 2.76 bits per heavy atom. The molecule has 1 aromatic rings. The summed E-state index contributed by atoms with van der Waals surface area (Å²) in [5.41, 5.74) is 2.06. The number of anilines is 1. The molecule has 94 valence electrons. The van der Waals surface area contributed by atoms with Crippen LogP contribution in [-0.4, -0.2) is 26.2 Å². The summed E-state index contributed by atoms with van der Waals surface area (Å²) in [7, 11) is 1.39. The topological polar surface area (TPSA) is 47.6 Å². The minimum Gasteiger partial charge on any atom is -0.494 e. The molecule has 0 aliphatic rings. The van der Waals surface area contributed by atoms with Gasteiger partial charge in [0.05, 0.1) is 20.1 Å². The second-order valence-corrected chi connectivity index (χ2v) is 3.67. The number of hydrogen-bond donors (Lipinski definition) is 1. The van der Waals surface area contributed by atoms with Gasteiger partial charge in [-0.15, -0.1) is 0 Å². The molecule has 0 aromatic heterocycles. The average molecular weight is 237 g/mol. The van der Waals surface area contributed by atoms with Crippen LogP contribution in [0, 0.1) is 6.92 Å². The van der Waals surface area contributed by atoms with Crippen LogP contribution in [0.2, 0.25) is 0 Å². The lowest BCUT2D eigenvalue weighted by Gasteiger charge is -2.10. The summed E-state index contributed by atoms with van der Waals surface area (Å²) < 4.78 is 10.0. The van der Waals surface area contributed by atoms with E-state index in [1.165, 1.54) is 7.11 Å². The number of methoxy groups -OCH3 is 1. The fourth-order valence-electron chi connectivity index (χ4n) is 1.49. The highest BCUT2D eigenvalue weighted by Crippen LogP contribution is 2.21. The summed E-state index contributed by atoms with van der Waals surface area (Å²) in [6.07, 6.45) is 0.364. The number of ether oxygens (including phenoxy) is 2. The van der Waals surface area contributed by atoms with E-state index in [2.05, 4.69) is 10.1 Å². The lowest BCUT2D eigenvalue weighted by molar-refractivity contribution is -0.140. The van der Waals surface area contributed by atoms with Crippen LogP contribution in [0.15, 0.2) is 18.2 Å². The van der Waals surface area contributed by atoms with Crippen LogP contribution in [0.5, 0.6) is 5.75 Å². The average Bonchev–Trinajstić information content (AvgIpc) is 2.32. The van der Waals surface area contributed by atoms with Crippen LogP contribution < -0.4 is 10.1 Å². The molecule has 0 atom stereocenters. The molecule has 1 aromatic carbocycles. The number of carbonyl (C=O) groups excluding carboxylic acids is 1. The maximum atomic E-state index is 10.9. The summed E-state index contributed by atoms with van der Waals surface area (Å²) in [6.45, 7) is 5.19. The molecule has 0 unspecified atom stereocenters. The molecular formula is C13H19NO3. The number of esters is 1. The van der Waals surface area contributed by atoms with Crippen molar-refractivity contribution in [2.24, 2.45) is 0 Å². The first kappa shape index (κ1) is 13.4. The van der Waals surface area contributed by atoms with Crippen LogP contribution in [0.3, 0.4) is 0 Å². The lowest BCUT2D eigenvalue weighted by Crippen LogP contribution is -2.09. The zero-order valence-corrected chi connectivity index (χ0v) is 10.6. The van der Waals surface area contributed by atoms with Gasteiger partial charge in [0, 0.05) is 12.2 Å². The minimum absolute atomic E-state index is 0.208. The SMILES string of the molecule is CCOc1ccc(NCCC(=O)OC)cc1C. The molecule has 0 saturated carbocycles. The van der Waals surface area contributed by atoms with Crippen molar-refractivity contribution in [1.82, 2.24) is 0 Å². The Kier molecular flexibility index (Phi) is 5.33. The van der Waals surface area contributed by atoms with Gasteiger partial charge in [-0.1, -0.05) is 0 Å². The first-order chi connectivity index (χ1) is 8.17. The molecular weight excluding hydrogens is 218 g/mol. The van der Waals surface area contributed by atoms with E-state index in [1.54, 1.807) is 0 Å². The Morgan fingerprint density at radius 2 is 2.18 bits per heavy atom. The van der Waals surface area contributed by atoms with Crippen molar-refractivity contribution in [3.63, 3.8) is 0 Å². The van der Waals surface area contributed by atoms with Gasteiger partial charge in [0.15, 0.2) is 0 Å². The van der Waals surface area contributed by atoms with Crippen molar-refractivity contribution in [3.05, 3.63) is 23.8 Å². The van der Waals surface area contributed by atoms with Gasteiger partial charge in [-0.25, -0.2) is 0 Å². The van der Waals surface area contributed by atoms with Crippen molar-refractivity contribution in [3.8, 4) is 5.75 Å². The van der Waals surface area contributed by atoms with Gasteiger partial charge in [-0.2, -0.15) is 0 Å². The number of benzene rings is 1. The predicted molar refractivity (Wildman–Crippen MR) is 67.5 cm³/mol. The quantitative estimate of drug-likeness (QED) is 0.772. The molecule has 17 heavy (non-hydrogen) atoms.